The van der Waals surface area contributed by atoms with Gasteiger partial charge >= 0.3 is 15.6 Å². The lowest BCUT2D eigenvalue weighted by Gasteiger charge is -2.17. The number of alkyl halides is 3. The molecular weight excluding hydrogens is 792 g/mol. The van der Waals surface area contributed by atoms with E-state index in [1.807, 2.05) is 48.8 Å². The van der Waals surface area contributed by atoms with Crippen LogP contribution in [0.25, 0.3) is 0 Å². The van der Waals surface area contributed by atoms with Crippen LogP contribution in [0.2, 0.25) is 0 Å². The number of H-pyrrole nitrogens is 1. The lowest BCUT2D eigenvalue weighted by Crippen LogP contribution is -2.38. The van der Waals surface area contributed by atoms with E-state index in [0.717, 1.165) is 12.5 Å². The minimum Gasteiger partial charge on any atom is -0.748 e. The number of fused-ring (bicyclic) bond motifs is 2. The summed E-state index contributed by atoms with van der Waals surface area (Å²) in [5, 5.41) is 0. The number of pyridine rings is 2. The van der Waals surface area contributed by atoms with E-state index >= 15 is 0 Å². The number of hydrogen-bond acceptors (Lipinski definition) is 17. The van der Waals surface area contributed by atoms with Gasteiger partial charge in [-0.2, -0.15) is 38.4 Å². The molecule has 0 saturated carbocycles. The molecule has 7 atom stereocenters. The van der Waals surface area contributed by atoms with Gasteiger partial charge in [0.15, 0.2) is 18.5 Å². The van der Waals surface area contributed by atoms with Crippen molar-refractivity contribution >= 4 is 48.9 Å². The fraction of sp³-hybridized carbons (Fsp3) is 0.538. The molecule has 293 valence electrons. The first-order valence-electron chi connectivity index (χ1n) is 14.1. The van der Waals surface area contributed by atoms with Gasteiger partial charge in [-0.25, -0.2) is 13.4 Å². The molecule has 52 heavy (non-hydrogen) atoms. The molecule has 26 heteroatoms. The fourth-order valence-corrected chi connectivity index (χ4v) is 5.98. The first-order chi connectivity index (χ1) is 23.5. The monoisotopic (exact) mass is 827 g/mol. The molecule has 0 aromatic carbocycles. The van der Waals surface area contributed by atoms with E-state index < -0.39 is 83.1 Å². The molecule has 6 heterocycles. The van der Waals surface area contributed by atoms with Crippen LogP contribution in [0.5, 0.6) is 0 Å². The van der Waals surface area contributed by atoms with Crippen molar-refractivity contribution in [1.29, 1.82) is 0 Å². The molecule has 4 aliphatic rings. The third-order valence-electron chi connectivity index (χ3n) is 5.91. The van der Waals surface area contributed by atoms with Gasteiger partial charge in [-0.1, -0.05) is 12.1 Å². The molecule has 0 unspecified atom stereocenters. The van der Waals surface area contributed by atoms with Crippen molar-refractivity contribution < 1.29 is 87.9 Å². The summed E-state index contributed by atoms with van der Waals surface area (Å²) in [7, 11) is -17.0. The molecule has 0 spiro atoms. The van der Waals surface area contributed by atoms with Crippen LogP contribution in [-0.2, 0) is 72.0 Å². The molecule has 4 aliphatic heterocycles. The molecule has 0 bridgehead atoms. The molecule has 1 N–H and O–H groups in total. The molecule has 2 aromatic heterocycles. The van der Waals surface area contributed by atoms with E-state index in [9.17, 15) is 38.4 Å². The second kappa shape index (κ2) is 20.6. The number of aromatic amines is 1. The van der Waals surface area contributed by atoms with Gasteiger partial charge in [0.2, 0.25) is 0 Å². The van der Waals surface area contributed by atoms with Crippen LogP contribution < -0.4 is 4.98 Å². The summed E-state index contributed by atoms with van der Waals surface area (Å²) in [6.07, 6.45) is 7.16. The molecule has 0 amide bonds. The van der Waals surface area contributed by atoms with Gasteiger partial charge in [0, 0.05) is 39.2 Å². The third kappa shape index (κ3) is 18.3. The largest absolute Gasteiger partial charge is 0.748 e. The molecular formula is C26H35BF3N2O16S4. The molecule has 3 fully saturated rings. The Hall–Kier alpha value is -2.79. The molecule has 3 saturated heterocycles. The summed E-state index contributed by atoms with van der Waals surface area (Å²) < 4.78 is 163. The zero-order valence-corrected chi connectivity index (χ0v) is 30.7. The van der Waals surface area contributed by atoms with Crippen LogP contribution in [0.4, 0.5) is 13.2 Å². The van der Waals surface area contributed by atoms with Gasteiger partial charge in [-0.3, -0.25) is 17.5 Å². The highest BCUT2D eigenvalue weighted by atomic mass is 32.2. The first-order valence-corrected chi connectivity index (χ1v) is 20.9. The number of halogens is 3. The maximum Gasteiger partial charge on any atom is 0.523 e. The van der Waals surface area contributed by atoms with Crippen molar-refractivity contribution in [2.45, 2.75) is 48.2 Å². The van der Waals surface area contributed by atoms with Crippen molar-refractivity contribution in [1.82, 2.24) is 4.98 Å². The molecule has 0 aliphatic carbocycles. The van der Waals surface area contributed by atoms with Crippen molar-refractivity contribution in [3.63, 3.8) is 0 Å². The Morgan fingerprint density at radius 2 is 1.12 bits per heavy atom. The van der Waals surface area contributed by atoms with Crippen molar-refractivity contribution in [3.8, 4) is 0 Å². The summed E-state index contributed by atoms with van der Waals surface area (Å²) in [6.45, 7) is -0.505. The molecule has 3 radical (unpaired) electrons. The lowest BCUT2D eigenvalue weighted by molar-refractivity contribution is -0.377. The average molecular weight is 828 g/mol. The van der Waals surface area contributed by atoms with E-state index in [1.165, 1.54) is 6.26 Å². The quantitative estimate of drug-likeness (QED) is 0.152. The predicted molar refractivity (Wildman–Crippen MR) is 171 cm³/mol. The predicted octanol–water partition coefficient (Wildman–Crippen LogP) is -0.631. The summed E-state index contributed by atoms with van der Waals surface area (Å²) in [5.74, 6) is 0. The Balaban J connectivity index is 0.000000368. The number of nitrogens with one attached hydrogen (secondary N) is 1. The van der Waals surface area contributed by atoms with Crippen molar-refractivity contribution in [3.05, 3.63) is 73.5 Å². The van der Waals surface area contributed by atoms with Crippen LogP contribution >= 0.6 is 0 Å². The second-order valence-corrected chi connectivity index (χ2v) is 16.5. The average Bonchev–Trinajstić information content (AvgIpc) is 3.79. The maximum atomic E-state index is 12.2. The van der Waals surface area contributed by atoms with Gasteiger partial charge in [-0.05, 0) is 18.2 Å². The highest BCUT2D eigenvalue weighted by molar-refractivity contribution is 7.87. The smallest absolute Gasteiger partial charge is 0.523 e. The Kier molecular flexibility index (Phi) is 18.7. The van der Waals surface area contributed by atoms with Crippen LogP contribution in [0.1, 0.15) is 0 Å². The Morgan fingerprint density at radius 1 is 0.692 bits per heavy atom. The summed E-state index contributed by atoms with van der Waals surface area (Å²) in [6, 6.07) is 11.6. The highest BCUT2D eigenvalue weighted by Crippen LogP contribution is 2.34. The number of aromatic nitrogens is 2. The van der Waals surface area contributed by atoms with Crippen molar-refractivity contribution in [2.24, 2.45) is 0 Å². The Labute approximate surface area is 301 Å². The third-order valence-corrected chi connectivity index (χ3v) is 8.17. The Morgan fingerprint density at radius 3 is 1.46 bits per heavy atom. The van der Waals surface area contributed by atoms with Crippen LogP contribution in [0, 0.1) is 0 Å². The number of rotatable bonds is 6. The summed E-state index contributed by atoms with van der Waals surface area (Å²) in [4.78, 5) is 6.68. The van der Waals surface area contributed by atoms with E-state index in [2.05, 4.69) is 18.3 Å². The van der Waals surface area contributed by atoms with Crippen LogP contribution in [-0.4, -0.2) is 138 Å². The van der Waals surface area contributed by atoms with Gasteiger partial charge in [0.25, 0.3) is 20.2 Å². The van der Waals surface area contributed by atoms with Crippen LogP contribution in [0.15, 0.2) is 73.5 Å². The van der Waals surface area contributed by atoms with Gasteiger partial charge < -0.3 is 23.5 Å². The van der Waals surface area contributed by atoms with Crippen molar-refractivity contribution in [2.75, 3.05) is 38.6 Å². The van der Waals surface area contributed by atoms with Gasteiger partial charge in [0.05, 0.1) is 48.7 Å². The van der Waals surface area contributed by atoms with Gasteiger partial charge in [0.1, 0.15) is 36.6 Å². The molecule has 2 aromatic rings. The van der Waals surface area contributed by atoms with E-state index in [1.54, 1.807) is 18.5 Å². The normalized spacial score (nSPS) is 26.1. The van der Waals surface area contributed by atoms with Crippen LogP contribution in [0.3, 0.4) is 0 Å². The summed E-state index contributed by atoms with van der Waals surface area (Å²) in [5.41, 5.74) is -5.56. The second-order valence-electron chi connectivity index (χ2n) is 10.3. The zero-order valence-electron chi connectivity index (χ0n) is 27.4. The molecule has 18 nitrogen and oxygen atoms in total. The Bertz CT molecular complexity index is 1720. The maximum absolute atomic E-state index is 12.2. The van der Waals surface area contributed by atoms with E-state index in [4.69, 9.17) is 36.1 Å². The number of nitrogens with zero attached hydrogens (tertiary/aromatic N) is 1. The number of ether oxygens (including phenoxy) is 4. The fourth-order valence-electron chi connectivity index (χ4n) is 4.15. The standard InChI is InChI=1S/C8H11F3O8S2.C7H10O5S.2C5H5N.CH4O3S.B/c1-20(12,13)18-4-2-16-7-5(3-17-6(4)7)19-21(14,15)8(9,10)11;1-13(8,9)12-6-4-11-5-2-3-10-7(5)6;2*1-2-4-6-5-3-1;1-5(2,3)4;/h4-7H,2-3H2,1H3;2-3,5-7H,4H2,1H3;2*1-5H;1H3,(H,2,3,4);/t4-,5-,6+,7+;5-,6+,7+;;;;/m01..../s1. The minimum absolute atomic E-state index is 0. The number of hydrogen-bond donors (Lipinski definition) is 0. The van der Waals surface area contributed by atoms with Gasteiger partial charge in [-0.15, -0.1) is 0 Å². The topological polar surface area (TPSA) is 251 Å². The molecule has 6 rings (SSSR count). The highest BCUT2D eigenvalue weighted by Gasteiger charge is 2.55. The summed E-state index contributed by atoms with van der Waals surface area (Å²) >= 11 is 0. The first kappa shape index (κ1) is 47.2. The lowest BCUT2D eigenvalue weighted by atomic mass is 10.1. The SMILES string of the molecule is CS(=O)(=O)O[C@H]1CO[C@@H]2C=CO[C@H]12.CS(=O)(=O)O[C@H]1CO[C@H]2[C@@H]1OC[C@@H]2OS(=O)(=O)C(F)(F)F.CS(=O)(=O)[O-].[B].c1cc[nH+]cc1.c1ccncc1. The van der Waals surface area contributed by atoms with E-state index in [-0.39, 0.29) is 33.8 Å². The zero-order chi connectivity index (χ0) is 38.5. The van der Waals surface area contributed by atoms with E-state index in [0.29, 0.717) is 6.26 Å². The minimum atomic E-state index is -5.79.